The van der Waals surface area contributed by atoms with E-state index < -0.39 is 10.8 Å². The van der Waals surface area contributed by atoms with E-state index in [1.54, 1.807) is 11.3 Å². The molecule has 33 heavy (non-hydrogen) atoms. The molecule has 2 aromatic carbocycles. The third-order valence-corrected chi connectivity index (χ3v) is 6.63. The van der Waals surface area contributed by atoms with Crippen molar-refractivity contribution in [3.05, 3.63) is 85.6 Å². The van der Waals surface area contributed by atoms with Crippen molar-refractivity contribution in [2.75, 3.05) is 27.3 Å². The van der Waals surface area contributed by atoms with Crippen molar-refractivity contribution < 1.29 is 19.2 Å². The van der Waals surface area contributed by atoms with Crippen molar-refractivity contribution in [3.8, 4) is 11.5 Å². The zero-order chi connectivity index (χ0) is 23.4. The lowest BCUT2D eigenvalue weighted by atomic mass is 9.97. The molecule has 1 aliphatic heterocycles. The first-order valence-electron chi connectivity index (χ1n) is 10.5. The van der Waals surface area contributed by atoms with Gasteiger partial charge in [0.25, 0.3) is 11.6 Å². The fourth-order valence-corrected chi connectivity index (χ4v) is 4.90. The third-order valence-electron chi connectivity index (χ3n) is 5.93. The van der Waals surface area contributed by atoms with Crippen LogP contribution in [0.15, 0.2) is 53.2 Å². The maximum absolute atomic E-state index is 13.1. The zero-order valence-electron chi connectivity index (χ0n) is 18.4. The van der Waals surface area contributed by atoms with E-state index in [1.165, 1.54) is 37.5 Å². The van der Waals surface area contributed by atoms with Crippen molar-refractivity contribution in [2.45, 2.75) is 19.0 Å². The Kier molecular flexibility index (Phi) is 6.90. The van der Waals surface area contributed by atoms with Gasteiger partial charge in [-0.3, -0.25) is 19.8 Å². The number of nitrogens with zero attached hydrogens (tertiary/aromatic N) is 2. The smallest absolute Gasteiger partial charge is 0.286 e. The average molecular weight is 468 g/mol. The molecule has 172 valence electrons. The summed E-state index contributed by atoms with van der Waals surface area (Å²) < 4.78 is 10.4. The maximum atomic E-state index is 13.1. The zero-order valence-corrected chi connectivity index (χ0v) is 19.3. The molecule has 0 bridgehead atoms. The summed E-state index contributed by atoms with van der Waals surface area (Å²) in [6.45, 7) is 1.97. The number of hydrogen-bond donors (Lipinski definition) is 1. The number of methoxy groups -OCH3 is 2. The summed E-state index contributed by atoms with van der Waals surface area (Å²) in [6, 6.07) is 13.0. The minimum Gasteiger partial charge on any atom is -0.493 e. The normalized spacial score (nSPS) is 14.2. The lowest BCUT2D eigenvalue weighted by molar-refractivity contribution is -0.385. The number of carbonyl (C=O) groups excluding carboxylic acids is 1. The molecule has 0 saturated carbocycles. The minimum absolute atomic E-state index is 0.0484. The van der Waals surface area contributed by atoms with Crippen LogP contribution >= 0.6 is 11.3 Å². The first-order valence-corrected chi connectivity index (χ1v) is 11.5. The highest BCUT2D eigenvalue weighted by molar-refractivity contribution is 7.08. The van der Waals surface area contributed by atoms with E-state index in [-0.39, 0.29) is 28.8 Å². The molecule has 1 aromatic heterocycles. The molecule has 0 radical (unpaired) electrons. The molecule has 4 rings (SSSR count). The van der Waals surface area contributed by atoms with Crippen LogP contribution in [-0.2, 0) is 13.0 Å². The number of benzene rings is 2. The summed E-state index contributed by atoms with van der Waals surface area (Å²) in [5, 5.41) is 18.6. The van der Waals surface area contributed by atoms with Crippen LogP contribution in [0.3, 0.4) is 0 Å². The Morgan fingerprint density at radius 1 is 1.18 bits per heavy atom. The Balaban J connectivity index is 1.57. The molecule has 1 aliphatic rings. The Bertz CT molecular complexity index is 1150. The maximum Gasteiger partial charge on any atom is 0.286 e. The Hall–Kier alpha value is -3.43. The topological polar surface area (TPSA) is 93.9 Å². The van der Waals surface area contributed by atoms with Crippen LogP contribution in [0.25, 0.3) is 0 Å². The molecule has 0 saturated heterocycles. The van der Waals surface area contributed by atoms with Crippen molar-refractivity contribution >= 4 is 22.9 Å². The molecule has 1 amide bonds. The van der Waals surface area contributed by atoms with Gasteiger partial charge in [-0.15, -0.1) is 0 Å². The molecule has 0 spiro atoms. The van der Waals surface area contributed by atoms with Crippen LogP contribution in [0.1, 0.15) is 33.1 Å². The predicted molar refractivity (Wildman–Crippen MR) is 126 cm³/mol. The summed E-state index contributed by atoms with van der Waals surface area (Å²) in [5.74, 6) is -0.0700. The van der Waals surface area contributed by atoms with Gasteiger partial charge in [0, 0.05) is 25.7 Å². The molecular formula is C24H25N3O5S. The van der Waals surface area contributed by atoms with Gasteiger partial charge in [-0.05, 0) is 39.9 Å². The van der Waals surface area contributed by atoms with Gasteiger partial charge in [0.1, 0.15) is 5.56 Å². The number of hydrogen-bond acceptors (Lipinski definition) is 7. The van der Waals surface area contributed by atoms with Gasteiger partial charge in [-0.25, -0.2) is 0 Å². The van der Waals surface area contributed by atoms with E-state index in [4.69, 9.17) is 9.47 Å². The van der Waals surface area contributed by atoms with E-state index >= 15 is 0 Å². The van der Waals surface area contributed by atoms with Crippen LogP contribution in [0.4, 0.5) is 5.69 Å². The number of amides is 1. The summed E-state index contributed by atoms with van der Waals surface area (Å²) in [7, 11) is 2.82. The van der Waals surface area contributed by atoms with Crippen LogP contribution in [0.2, 0.25) is 0 Å². The van der Waals surface area contributed by atoms with E-state index in [1.807, 2.05) is 11.4 Å². The highest BCUT2D eigenvalue weighted by Gasteiger charge is 2.28. The van der Waals surface area contributed by atoms with Crippen LogP contribution in [-0.4, -0.2) is 43.0 Å². The molecule has 9 heteroatoms. The van der Waals surface area contributed by atoms with E-state index in [0.29, 0.717) is 6.54 Å². The number of ether oxygens (including phenoxy) is 2. The van der Waals surface area contributed by atoms with Crippen LogP contribution < -0.4 is 14.8 Å². The van der Waals surface area contributed by atoms with Gasteiger partial charge in [0.05, 0.1) is 31.3 Å². The van der Waals surface area contributed by atoms with Crippen molar-refractivity contribution in [3.63, 3.8) is 0 Å². The van der Waals surface area contributed by atoms with Crippen molar-refractivity contribution in [1.29, 1.82) is 0 Å². The van der Waals surface area contributed by atoms with Crippen molar-refractivity contribution in [2.24, 2.45) is 0 Å². The number of carbonyl (C=O) groups is 1. The molecule has 1 unspecified atom stereocenters. The Morgan fingerprint density at radius 3 is 2.58 bits per heavy atom. The molecule has 1 N–H and O–H groups in total. The van der Waals surface area contributed by atoms with Gasteiger partial charge in [0.15, 0.2) is 11.5 Å². The van der Waals surface area contributed by atoms with Gasteiger partial charge < -0.3 is 14.8 Å². The minimum atomic E-state index is -0.588. The number of nitrogens with one attached hydrogen (secondary N) is 1. The molecule has 3 aromatic rings. The molecule has 0 aliphatic carbocycles. The number of rotatable bonds is 8. The fraction of sp³-hybridized carbons (Fsp3) is 0.292. The fourth-order valence-electron chi connectivity index (χ4n) is 4.19. The third kappa shape index (κ3) is 4.84. The highest BCUT2D eigenvalue weighted by atomic mass is 32.1. The van der Waals surface area contributed by atoms with Gasteiger partial charge in [0.2, 0.25) is 0 Å². The van der Waals surface area contributed by atoms with Gasteiger partial charge in [-0.2, -0.15) is 11.3 Å². The van der Waals surface area contributed by atoms with Gasteiger partial charge in [-0.1, -0.05) is 24.3 Å². The average Bonchev–Trinajstić information content (AvgIpc) is 3.37. The second-order valence-corrected chi connectivity index (χ2v) is 8.53. The quantitative estimate of drug-likeness (QED) is 0.394. The highest BCUT2D eigenvalue weighted by Crippen LogP contribution is 2.35. The second kappa shape index (κ2) is 10.0. The molecule has 8 nitrogen and oxygen atoms in total. The van der Waals surface area contributed by atoms with Crippen LogP contribution in [0.5, 0.6) is 11.5 Å². The summed E-state index contributed by atoms with van der Waals surface area (Å²) >= 11 is 1.60. The van der Waals surface area contributed by atoms with Crippen molar-refractivity contribution in [1.82, 2.24) is 10.2 Å². The predicted octanol–water partition coefficient (Wildman–Crippen LogP) is 4.20. The summed E-state index contributed by atoms with van der Waals surface area (Å²) in [4.78, 5) is 26.4. The van der Waals surface area contributed by atoms with E-state index in [9.17, 15) is 14.9 Å². The Labute approximate surface area is 195 Å². The lowest BCUT2D eigenvalue weighted by Gasteiger charge is -2.35. The number of fused-ring (bicyclic) bond motifs is 1. The Morgan fingerprint density at radius 2 is 1.91 bits per heavy atom. The second-order valence-electron chi connectivity index (χ2n) is 7.75. The number of nitro benzene ring substituents is 1. The largest absolute Gasteiger partial charge is 0.493 e. The van der Waals surface area contributed by atoms with Gasteiger partial charge >= 0.3 is 0 Å². The first kappa shape index (κ1) is 22.8. The SMILES string of the molecule is COc1cc(C(=O)NCC(c2ccsc2)N2CCc3ccccc3C2)c([N+](=O)[O-])cc1OC. The standard InChI is InChI=1S/C24H25N3O5S/c1-31-22-11-19(20(27(29)30)12-23(22)32-2)24(28)25-13-21(18-8-10-33-15-18)26-9-7-16-5-3-4-6-17(16)14-26/h3-6,8,10-12,15,21H,7,9,13-14H2,1-2H3,(H,25,28). The summed E-state index contributed by atoms with van der Waals surface area (Å²) in [6.07, 6.45) is 0.936. The lowest BCUT2D eigenvalue weighted by Crippen LogP contribution is -2.40. The van der Waals surface area contributed by atoms with E-state index in [0.717, 1.165) is 25.1 Å². The first-order chi connectivity index (χ1) is 16.0. The van der Waals surface area contributed by atoms with E-state index in [2.05, 4.69) is 39.9 Å². The summed E-state index contributed by atoms with van der Waals surface area (Å²) in [5.41, 5.74) is 3.35. The van der Waals surface area contributed by atoms with Crippen LogP contribution in [0, 0.1) is 10.1 Å². The molecule has 0 fully saturated rings. The number of nitro groups is 1. The molecular weight excluding hydrogens is 442 g/mol. The number of thiophene rings is 1. The monoisotopic (exact) mass is 467 g/mol. The molecule has 1 atom stereocenters. The molecule has 2 heterocycles.